The van der Waals surface area contributed by atoms with E-state index in [1.54, 1.807) is 37.4 Å². The van der Waals surface area contributed by atoms with E-state index in [9.17, 15) is 9.59 Å². The number of amides is 3. The maximum Gasteiger partial charge on any atom is 0.347 e. The van der Waals surface area contributed by atoms with Crippen molar-refractivity contribution >= 4 is 40.2 Å². The zero-order valence-electron chi connectivity index (χ0n) is 22.3. The predicted octanol–water partition coefficient (Wildman–Crippen LogP) is 5.63. The van der Waals surface area contributed by atoms with Crippen LogP contribution in [0.2, 0.25) is 0 Å². The standard InChI is InChI=1S/C29H24FN7O3S/c1-17-4-10-22(18(2)40-3)25(12-17)37-26(38)15-41-29(37)34-28(39)33-24-11-7-20(13-23(24)30)27-32-16-36(35-27)21-8-5-19(14-31)6-9-21/h4-13,16,18H,15H2,1-3H3,(H,33,39). The number of hydrogen-bond acceptors (Lipinski definition) is 7. The molecule has 1 fully saturated rings. The van der Waals surface area contributed by atoms with Gasteiger partial charge in [0, 0.05) is 18.2 Å². The molecule has 0 spiro atoms. The second-order valence-electron chi connectivity index (χ2n) is 9.15. The molecular weight excluding hydrogens is 545 g/mol. The van der Waals surface area contributed by atoms with Gasteiger partial charge in [-0.15, -0.1) is 5.10 Å². The molecule has 1 aliphatic heterocycles. The van der Waals surface area contributed by atoms with Crippen molar-refractivity contribution in [2.45, 2.75) is 20.0 Å². The second kappa shape index (κ2) is 11.7. The number of ether oxygens (including phenoxy) is 1. The van der Waals surface area contributed by atoms with Crippen LogP contribution in [0.3, 0.4) is 0 Å². The molecule has 1 N–H and O–H groups in total. The number of hydrogen-bond donors (Lipinski definition) is 1. The molecule has 10 nitrogen and oxygen atoms in total. The SMILES string of the molecule is COC(C)c1ccc(C)cc1N1C(=O)CSC1=NC(=O)Nc1ccc(-c2ncn(-c3ccc(C#N)cc3)n2)cc1F. The third-order valence-corrected chi connectivity index (χ3v) is 7.33. The van der Waals surface area contributed by atoms with Crippen molar-refractivity contribution in [3.63, 3.8) is 0 Å². The highest BCUT2D eigenvalue weighted by Crippen LogP contribution is 2.34. The van der Waals surface area contributed by atoms with Crippen LogP contribution >= 0.6 is 11.8 Å². The van der Waals surface area contributed by atoms with E-state index in [1.807, 2.05) is 32.0 Å². The van der Waals surface area contributed by atoms with E-state index >= 15 is 4.39 Å². The average Bonchev–Trinajstić information content (AvgIpc) is 3.61. The van der Waals surface area contributed by atoms with E-state index in [0.29, 0.717) is 22.5 Å². The fourth-order valence-corrected chi connectivity index (χ4v) is 5.05. The van der Waals surface area contributed by atoms with Gasteiger partial charge in [0.25, 0.3) is 0 Å². The van der Waals surface area contributed by atoms with Gasteiger partial charge in [0.15, 0.2) is 11.0 Å². The molecule has 1 unspecified atom stereocenters. The van der Waals surface area contributed by atoms with Gasteiger partial charge in [0.2, 0.25) is 5.91 Å². The van der Waals surface area contributed by atoms with Gasteiger partial charge < -0.3 is 10.1 Å². The van der Waals surface area contributed by atoms with Crippen molar-refractivity contribution in [3.05, 3.63) is 89.5 Å². The monoisotopic (exact) mass is 569 g/mol. The highest BCUT2D eigenvalue weighted by molar-refractivity contribution is 8.15. The third-order valence-electron chi connectivity index (χ3n) is 6.40. The highest BCUT2D eigenvalue weighted by atomic mass is 32.2. The Labute approximate surface area is 239 Å². The van der Waals surface area contributed by atoms with Gasteiger partial charge >= 0.3 is 6.03 Å². The van der Waals surface area contributed by atoms with Gasteiger partial charge in [-0.2, -0.15) is 10.3 Å². The minimum Gasteiger partial charge on any atom is -0.377 e. The van der Waals surface area contributed by atoms with Gasteiger partial charge in [-0.1, -0.05) is 23.9 Å². The van der Waals surface area contributed by atoms with Gasteiger partial charge in [-0.25, -0.2) is 18.9 Å². The molecular formula is C29H24FN7O3S. The Hall–Kier alpha value is -4.86. The van der Waals surface area contributed by atoms with Crippen LogP contribution in [0.1, 0.15) is 29.7 Å². The van der Waals surface area contributed by atoms with Crippen LogP contribution < -0.4 is 10.2 Å². The Morgan fingerprint density at radius 3 is 2.68 bits per heavy atom. The summed E-state index contributed by atoms with van der Waals surface area (Å²) in [6, 6.07) is 17.9. The van der Waals surface area contributed by atoms with Crippen molar-refractivity contribution in [2.75, 3.05) is 23.1 Å². The molecule has 1 saturated heterocycles. The molecule has 41 heavy (non-hydrogen) atoms. The normalized spacial score (nSPS) is 14.8. The number of thioether (sulfide) groups is 1. The molecule has 3 aromatic carbocycles. The summed E-state index contributed by atoms with van der Waals surface area (Å²) in [5, 5.41) is 16.0. The fourth-order valence-electron chi connectivity index (χ4n) is 4.19. The third kappa shape index (κ3) is 5.86. The number of methoxy groups -OCH3 is 1. The van der Waals surface area contributed by atoms with Crippen LogP contribution in [0, 0.1) is 24.1 Å². The van der Waals surface area contributed by atoms with Gasteiger partial charge in [-0.05, 0) is 67.9 Å². The van der Waals surface area contributed by atoms with Crippen LogP contribution in [0.15, 0.2) is 72.0 Å². The van der Waals surface area contributed by atoms with Crippen LogP contribution in [-0.4, -0.2) is 44.7 Å². The predicted molar refractivity (Wildman–Crippen MR) is 154 cm³/mol. The number of benzene rings is 3. The fraction of sp³-hybridized carbons (Fsp3) is 0.172. The van der Waals surface area contributed by atoms with E-state index in [1.165, 1.54) is 28.0 Å². The molecule has 1 aromatic heterocycles. The number of carbonyl (C=O) groups excluding carboxylic acids is 2. The van der Waals surface area contributed by atoms with Gasteiger partial charge in [0.1, 0.15) is 12.1 Å². The van der Waals surface area contributed by atoms with E-state index in [4.69, 9.17) is 10.00 Å². The van der Waals surface area contributed by atoms with Gasteiger partial charge in [0.05, 0.1) is 40.6 Å². The topological polar surface area (TPSA) is 125 Å². The number of aliphatic imine (C=N–C) groups is 1. The second-order valence-corrected chi connectivity index (χ2v) is 10.1. The van der Waals surface area contributed by atoms with Crippen molar-refractivity contribution in [1.29, 1.82) is 5.26 Å². The lowest BCUT2D eigenvalue weighted by Gasteiger charge is -2.23. The summed E-state index contributed by atoms with van der Waals surface area (Å²) in [5.41, 5.74) is 3.83. The number of nitrogens with zero attached hydrogens (tertiary/aromatic N) is 6. The Morgan fingerprint density at radius 1 is 1.20 bits per heavy atom. The number of rotatable bonds is 6. The number of nitriles is 1. The summed E-state index contributed by atoms with van der Waals surface area (Å²) in [6.07, 6.45) is 1.19. The number of aryl methyl sites for hydroxylation is 1. The van der Waals surface area contributed by atoms with E-state index in [-0.39, 0.29) is 34.4 Å². The zero-order chi connectivity index (χ0) is 29.1. The number of anilines is 2. The molecule has 0 aliphatic carbocycles. The number of aromatic nitrogens is 3. The Bertz CT molecular complexity index is 1710. The molecule has 206 valence electrons. The smallest absolute Gasteiger partial charge is 0.347 e. The van der Waals surface area contributed by atoms with Crippen molar-refractivity contribution in [1.82, 2.24) is 14.8 Å². The van der Waals surface area contributed by atoms with Crippen LogP contribution in [0.25, 0.3) is 17.1 Å². The van der Waals surface area contributed by atoms with Crippen molar-refractivity contribution < 1.29 is 18.7 Å². The lowest BCUT2D eigenvalue weighted by atomic mass is 10.0. The number of urea groups is 1. The average molecular weight is 570 g/mol. The van der Waals surface area contributed by atoms with Gasteiger partial charge in [-0.3, -0.25) is 9.69 Å². The Morgan fingerprint density at radius 2 is 1.98 bits per heavy atom. The molecule has 5 rings (SSSR count). The first kappa shape index (κ1) is 27.7. The molecule has 1 atom stereocenters. The van der Waals surface area contributed by atoms with Crippen molar-refractivity contribution in [3.8, 4) is 23.1 Å². The largest absolute Gasteiger partial charge is 0.377 e. The first-order valence-corrected chi connectivity index (χ1v) is 13.5. The summed E-state index contributed by atoms with van der Waals surface area (Å²) in [7, 11) is 1.58. The molecule has 3 amide bonds. The summed E-state index contributed by atoms with van der Waals surface area (Å²) in [4.78, 5) is 35.4. The lowest BCUT2D eigenvalue weighted by Crippen LogP contribution is -2.31. The first-order chi connectivity index (χ1) is 19.8. The minimum absolute atomic E-state index is 0.0836. The van der Waals surface area contributed by atoms with E-state index < -0.39 is 11.8 Å². The highest BCUT2D eigenvalue weighted by Gasteiger charge is 2.33. The molecule has 1 aliphatic rings. The number of nitrogens with one attached hydrogen (secondary N) is 1. The number of amidine groups is 1. The first-order valence-electron chi connectivity index (χ1n) is 12.5. The Kier molecular flexibility index (Phi) is 7.91. The molecule has 0 radical (unpaired) electrons. The zero-order valence-corrected chi connectivity index (χ0v) is 23.1. The summed E-state index contributed by atoms with van der Waals surface area (Å²) >= 11 is 1.13. The number of carbonyl (C=O) groups is 2. The minimum atomic E-state index is -0.823. The molecule has 2 heterocycles. The molecule has 0 saturated carbocycles. The lowest BCUT2D eigenvalue weighted by molar-refractivity contribution is -0.115. The number of halogens is 1. The van der Waals surface area contributed by atoms with Crippen molar-refractivity contribution in [2.24, 2.45) is 4.99 Å². The maximum atomic E-state index is 15.0. The maximum absolute atomic E-state index is 15.0. The van der Waals surface area contributed by atoms with E-state index in [0.717, 1.165) is 22.9 Å². The quantitative estimate of drug-likeness (QED) is 0.319. The molecule has 4 aromatic rings. The van der Waals surface area contributed by atoms with Crippen LogP contribution in [-0.2, 0) is 9.53 Å². The summed E-state index contributed by atoms with van der Waals surface area (Å²) in [5.74, 6) is -0.526. The molecule has 12 heteroatoms. The summed E-state index contributed by atoms with van der Waals surface area (Å²) in [6.45, 7) is 3.77. The van der Waals surface area contributed by atoms with E-state index in [2.05, 4.69) is 26.5 Å². The van der Waals surface area contributed by atoms with Crippen LogP contribution in [0.4, 0.5) is 20.6 Å². The molecule has 0 bridgehead atoms. The Balaban J connectivity index is 1.34. The van der Waals surface area contributed by atoms with Crippen LogP contribution in [0.5, 0.6) is 0 Å². The summed E-state index contributed by atoms with van der Waals surface area (Å²) < 4.78 is 22.0.